The summed E-state index contributed by atoms with van der Waals surface area (Å²) in [7, 11) is 1.45. The lowest BCUT2D eigenvalue weighted by Crippen LogP contribution is -2.48. The molecule has 1 unspecified atom stereocenters. The maximum atomic E-state index is 15.2. The van der Waals surface area contributed by atoms with Gasteiger partial charge in [-0.15, -0.1) is 0 Å². The van der Waals surface area contributed by atoms with Crippen molar-refractivity contribution in [3.05, 3.63) is 64.7 Å². The Labute approximate surface area is 207 Å². The van der Waals surface area contributed by atoms with Crippen LogP contribution in [0, 0.1) is 0 Å². The molecule has 0 spiro atoms. The molecular formula is C26H29F2N3O5. The number of carbonyl (C=O) groups is 3. The highest BCUT2D eigenvalue weighted by Gasteiger charge is 2.40. The van der Waals surface area contributed by atoms with Crippen LogP contribution < -0.4 is 15.4 Å². The van der Waals surface area contributed by atoms with Crippen LogP contribution in [0.3, 0.4) is 0 Å². The van der Waals surface area contributed by atoms with Gasteiger partial charge in [-0.3, -0.25) is 9.59 Å². The van der Waals surface area contributed by atoms with Crippen LogP contribution in [0.5, 0.6) is 5.75 Å². The van der Waals surface area contributed by atoms with Crippen LogP contribution in [0.15, 0.2) is 42.5 Å². The van der Waals surface area contributed by atoms with Crippen molar-refractivity contribution in [3.63, 3.8) is 0 Å². The molecule has 2 aromatic rings. The van der Waals surface area contributed by atoms with E-state index >= 15 is 4.39 Å². The van der Waals surface area contributed by atoms with E-state index < -0.39 is 42.3 Å². The summed E-state index contributed by atoms with van der Waals surface area (Å²) in [6.07, 6.45) is -1.43. The molecule has 36 heavy (non-hydrogen) atoms. The second-order valence-electron chi connectivity index (χ2n) is 9.18. The van der Waals surface area contributed by atoms with Gasteiger partial charge in [0, 0.05) is 37.7 Å². The number of carboxylic acid groups (broad SMARTS) is 1. The van der Waals surface area contributed by atoms with Gasteiger partial charge in [0.1, 0.15) is 24.2 Å². The molecule has 1 fully saturated rings. The third-order valence-electron chi connectivity index (χ3n) is 6.79. The van der Waals surface area contributed by atoms with E-state index in [1.807, 2.05) is 30.3 Å². The van der Waals surface area contributed by atoms with Gasteiger partial charge in [0.25, 0.3) is 11.8 Å². The van der Waals surface area contributed by atoms with Crippen LogP contribution in [0.4, 0.5) is 13.6 Å². The van der Waals surface area contributed by atoms with Crippen LogP contribution in [0.25, 0.3) is 0 Å². The number of fused-ring (bicyclic) bond motifs is 1. The van der Waals surface area contributed by atoms with Crippen molar-refractivity contribution in [2.24, 2.45) is 0 Å². The zero-order chi connectivity index (χ0) is 25.9. The maximum Gasteiger partial charge on any atom is 0.407 e. The fraction of sp³-hybridized carbons (Fsp3) is 0.423. The van der Waals surface area contributed by atoms with Gasteiger partial charge in [-0.1, -0.05) is 30.3 Å². The summed E-state index contributed by atoms with van der Waals surface area (Å²) in [5.74, 6) is -1.28. The zero-order valence-corrected chi connectivity index (χ0v) is 19.9. The molecule has 2 aromatic carbocycles. The predicted molar refractivity (Wildman–Crippen MR) is 128 cm³/mol. The Morgan fingerprint density at radius 2 is 1.94 bits per heavy atom. The van der Waals surface area contributed by atoms with E-state index in [0.717, 1.165) is 10.5 Å². The number of nitrogens with one attached hydrogen (secondary N) is 2. The first kappa shape index (κ1) is 25.4. The Balaban J connectivity index is 1.57. The van der Waals surface area contributed by atoms with Crippen molar-refractivity contribution in [2.75, 3.05) is 33.4 Å². The van der Waals surface area contributed by atoms with Crippen molar-refractivity contribution in [1.29, 1.82) is 0 Å². The number of alkyl halides is 2. The van der Waals surface area contributed by atoms with Crippen molar-refractivity contribution in [2.45, 2.75) is 37.0 Å². The number of ether oxygens (including phenoxy) is 1. The minimum atomic E-state index is -1.73. The molecule has 192 valence electrons. The first-order chi connectivity index (χ1) is 17.3. The molecule has 0 radical (unpaired) electrons. The van der Waals surface area contributed by atoms with Crippen molar-refractivity contribution < 1.29 is 33.0 Å². The quantitative estimate of drug-likeness (QED) is 0.538. The summed E-state index contributed by atoms with van der Waals surface area (Å²) in [6, 6.07) is 12.1. The average Bonchev–Trinajstić information content (AvgIpc) is 3.26. The molecule has 3 atom stereocenters. The predicted octanol–water partition coefficient (Wildman–Crippen LogP) is 3.51. The standard InChI is InChI=1S/C26H29F2N3O5/c1-29-24(33)19-13-17(23(32)30-10-9-26(28)8-5-11-31(15-26)25(34)35)12-18-21(16-6-3-2-4-7-16)20(14-27)36-22(18)19/h2-4,6-7,12-13,20-21H,5,8-11,14-15H2,1H3,(H,29,33)(H,30,32)(H,34,35)/t20-,21+,26?/m1/s1. The molecule has 0 aromatic heterocycles. The lowest BCUT2D eigenvalue weighted by atomic mass is 9.86. The summed E-state index contributed by atoms with van der Waals surface area (Å²) < 4.78 is 35.0. The van der Waals surface area contributed by atoms with Gasteiger partial charge in [0.05, 0.1) is 18.0 Å². The molecule has 8 nitrogen and oxygen atoms in total. The lowest BCUT2D eigenvalue weighted by molar-refractivity contribution is 0.0391. The number of hydrogen-bond acceptors (Lipinski definition) is 4. The molecule has 2 aliphatic heterocycles. The Morgan fingerprint density at radius 3 is 2.61 bits per heavy atom. The minimum Gasteiger partial charge on any atom is -0.486 e. The van der Waals surface area contributed by atoms with E-state index in [-0.39, 0.29) is 49.4 Å². The fourth-order valence-electron chi connectivity index (χ4n) is 5.00. The van der Waals surface area contributed by atoms with E-state index in [9.17, 15) is 18.8 Å². The van der Waals surface area contributed by atoms with Crippen LogP contribution >= 0.6 is 0 Å². The number of hydrogen-bond donors (Lipinski definition) is 3. The van der Waals surface area contributed by atoms with Gasteiger partial charge < -0.3 is 25.4 Å². The highest BCUT2D eigenvalue weighted by molar-refractivity contribution is 6.02. The monoisotopic (exact) mass is 501 g/mol. The SMILES string of the molecule is CNC(=O)c1cc(C(=O)NCCC2(F)CCCN(C(=O)O)C2)cc2c1O[C@H](CF)[C@H]2c1ccccc1. The number of likely N-dealkylation sites (tertiary alicyclic amines) is 1. The van der Waals surface area contributed by atoms with E-state index in [0.29, 0.717) is 12.0 Å². The Hall–Kier alpha value is -3.69. The third-order valence-corrected chi connectivity index (χ3v) is 6.79. The van der Waals surface area contributed by atoms with Crippen LogP contribution in [-0.2, 0) is 0 Å². The number of piperidine rings is 1. The molecule has 4 rings (SSSR count). The number of carbonyl (C=O) groups excluding carboxylic acids is 2. The molecule has 3 N–H and O–H groups in total. The second-order valence-corrected chi connectivity index (χ2v) is 9.18. The van der Waals surface area contributed by atoms with Crippen LogP contribution in [-0.4, -0.2) is 73.0 Å². The molecule has 2 heterocycles. The zero-order valence-electron chi connectivity index (χ0n) is 19.9. The van der Waals surface area contributed by atoms with Gasteiger partial charge in [-0.25, -0.2) is 13.6 Å². The first-order valence-electron chi connectivity index (χ1n) is 11.9. The van der Waals surface area contributed by atoms with Gasteiger partial charge in [-0.05, 0) is 30.5 Å². The van der Waals surface area contributed by atoms with E-state index in [1.54, 1.807) is 6.07 Å². The van der Waals surface area contributed by atoms with E-state index in [4.69, 9.17) is 9.84 Å². The molecular weight excluding hydrogens is 472 g/mol. The van der Waals surface area contributed by atoms with Crippen LogP contribution in [0.1, 0.15) is 57.0 Å². The summed E-state index contributed by atoms with van der Waals surface area (Å²) in [5.41, 5.74) is -0.126. The van der Waals surface area contributed by atoms with Crippen molar-refractivity contribution in [3.8, 4) is 5.75 Å². The first-order valence-corrected chi connectivity index (χ1v) is 11.9. The number of rotatable bonds is 7. The minimum absolute atomic E-state index is 0.0130. The summed E-state index contributed by atoms with van der Waals surface area (Å²) in [6.45, 7) is -0.746. The van der Waals surface area contributed by atoms with Crippen LogP contribution in [0.2, 0.25) is 0 Å². The number of halogens is 2. The molecule has 0 saturated carbocycles. The summed E-state index contributed by atoms with van der Waals surface area (Å²) >= 11 is 0. The van der Waals surface area contributed by atoms with Gasteiger partial charge in [-0.2, -0.15) is 0 Å². The second kappa shape index (κ2) is 10.5. The molecule has 10 heteroatoms. The topological polar surface area (TPSA) is 108 Å². The summed E-state index contributed by atoms with van der Waals surface area (Å²) in [5, 5.41) is 14.4. The third kappa shape index (κ3) is 5.12. The Kier molecular flexibility index (Phi) is 7.42. The number of amides is 3. The number of nitrogens with zero attached hydrogens (tertiary/aromatic N) is 1. The maximum absolute atomic E-state index is 15.2. The Bertz CT molecular complexity index is 1150. The normalized spacial score (nSPS) is 22.9. The highest BCUT2D eigenvalue weighted by Crippen LogP contribution is 2.45. The Morgan fingerprint density at radius 1 is 1.19 bits per heavy atom. The fourth-order valence-corrected chi connectivity index (χ4v) is 5.00. The molecule has 2 aliphatic rings. The molecule has 1 saturated heterocycles. The molecule has 3 amide bonds. The van der Waals surface area contributed by atoms with Gasteiger partial charge >= 0.3 is 6.09 Å². The van der Waals surface area contributed by atoms with Crippen molar-refractivity contribution in [1.82, 2.24) is 15.5 Å². The summed E-state index contributed by atoms with van der Waals surface area (Å²) in [4.78, 5) is 37.9. The van der Waals surface area contributed by atoms with Crippen molar-refractivity contribution >= 4 is 17.9 Å². The van der Waals surface area contributed by atoms with Gasteiger partial charge in [0.15, 0.2) is 0 Å². The lowest BCUT2D eigenvalue weighted by Gasteiger charge is -2.35. The van der Waals surface area contributed by atoms with E-state index in [2.05, 4.69) is 10.6 Å². The molecule has 0 bridgehead atoms. The number of benzene rings is 2. The average molecular weight is 502 g/mol. The molecule has 0 aliphatic carbocycles. The highest BCUT2D eigenvalue weighted by atomic mass is 19.1. The smallest absolute Gasteiger partial charge is 0.407 e. The van der Waals surface area contributed by atoms with Gasteiger partial charge in [0.2, 0.25) is 0 Å². The van der Waals surface area contributed by atoms with E-state index in [1.165, 1.54) is 13.1 Å². The largest absolute Gasteiger partial charge is 0.486 e.